The van der Waals surface area contributed by atoms with Gasteiger partial charge >= 0.3 is 6.03 Å². The monoisotopic (exact) mass is 390 g/mol. The lowest BCUT2D eigenvalue weighted by atomic mass is 10.0. The van der Waals surface area contributed by atoms with E-state index >= 15 is 0 Å². The second-order valence-corrected chi connectivity index (χ2v) is 6.73. The maximum Gasteiger partial charge on any atom is 0.319 e. The molecule has 0 fully saturated rings. The van der Waals surface area contributed by atoms with Crippen molar-refractivity contribution in [2.24, 2.45) is 0 Å². The molecule has 0 aliphatic carbocycles. The molecule has 2 N–H and O–H groups in total. The highest BCUT2D eigenvalue weighted by molar-refractivity contribution is 9.10. The fourth-order valence-electron chi connectivity index (χ4n) is 2.31. The van der Waals surface area contributed by atoms with E-state index in [1.807, 2.05) is 42.5 Å². The van der Waals surface area contributed by atoms with Gasteiger partial charge in [-0.15, -0.1) is 0 Å². The van der Waals surface area contributed by atoms with Gasteiger partial charge in [-0.3, -0.25) is 0 Å². The number of urea groups is 1. The number of rotatable bonds is 6. The molecule has 0 saturated heterocycles. The largest absolute Gasteiger partial charge is 0.496 e. The number of hydrogen-bond donors (Lipinski definition) is 2. The van der Waals surface area contributed by atoms with Crippen molar-refractivity contribution in [1.82, 2.24) is 5.32 Å². The number of amides is 2. The van der Waals surface area contributed by atoms with Crippen molar-refractivity contribution >= 4 is 27.6 Å². The molecule has 0 atom stereocenters. The highest BCUT2D eigenvalue weighted by Gasteiger charge is 2.04. The lowest BCUT2D eigenvalue weighted by molar-refractivity contribution is 0.252. The highest BCUT2D eigenvalue weighted by atomic mass is 79.9. The molecule has 2 aromatic carbocycles. The number of anilines is 1. The molecule has 2 aromatic rings. The third kappa shape index (κ3) is 5.27. The number of nitrogens with one attached hydrogen (secondary N) is 2. The minimum atomic E-state index is -0.195. The van der Waals surface area contributed by atoms with Crippen molar-refractivity contribution in [2.75, 3.05) is 19.0 Å². The van der Waals surface area contributed by atoms with Crippen LogP contribution in [0.3, 0.4) is 0 Å². The minimum absolute atomic E-state index is 0.195. The summed E-state index contributed by atoms with van der Waals surface area (Å²) in [5, 5.41) is 5.71. The molecular formula is C19H23BrN2O2. The number of methoxy groups -OCH3 is 1. The van der Waals surface area contributed by atoms with Crippen LogP contribution >= 0.6 is 15.9 Å². The molecule has 0 aromatic heterocycles. The van der Waals surface area contributed by atoms with Gasteiger partial charge < -0.3 is 15.4 Å². The van der Waals surface area contributed by atoms with Crippen LogP contribution in [-0.4, -0.2) is 19.7 Å². The van der Waals surface area contributed by atoms with Crippen LogP contribution in [0.4, 0.5) is 10.5 Å². The smallest absolute Gasteiger partial charge is 0.319 e. The molecule has 4 nitrogen and oxygen atoms in total. The predicted octanol–water partition coefficient (Wildman–Crippen LogP) is 4.95. The van der Waals surface area contributed by atoms with Gasteiger partial charge in [-0.25, -0.2) is 4.79 Å². The number of hydrogen-bond acceptors (Lipinski definition) is 2. The topological polar surface area (TPSA) is 50.4 Å². The van der Waals surface area contributed by atoms with Gasteiger partial charge in [-0.05, 0) is 63.7 Å². The second kappa shape index (κ2) is 8.73. The molecule has 0 unspecified atom stereocenters. The SMILES string of the molecule is COc1ccc(CCNC(=O)Nc2ccc(C(C)C)cc2)cc1Br. The molecule has 2 rings (SSSR count). The molecule has 0 radical (unpaired) electrons. The molecule has 0 aliphatic heterocycles. The zero-order chi connectivity index (χ0) is 17.5. The van der Waals surface area contributed by atoms with E-state index in [1.165, 1.54) is 5.56 Å². The van der Waals surface area contributed by atoms with Crippen LogP contribution in [0.1, 0.15) is 30.9 Å². The number of benzene rings is 2. The van der Waals surface area contributed by atoms with Gasteiger partial charge in [0.1, 0.15) is 5.75 Å². The summed E-state index contributed by atoms with van der Waals surface area (Å²) in [5.74, 6) is 1.28. The van der Waals surface area contributed by atoms with Gasteiger partial charge in [0, 0.05) is 12.2 Å². The molecule has 5 heteroatoms. The van der Waals surface area contributed by atoms with Gasteiger partial charge in [-0.2, -0.15) is 0 Å². The first-order valence-electron chi connectivity index (χ1n) is 7.97. The quantitative estimate of drug-likeness (QED) is 0.733. The van der Waals surface area contributed by atoms with Crippen molar-refractivity contribution in [1.29, 1.82) is 0 Å². The first kappa shape index (κ1) is 18.3. The van der Waals surface area contributed by atoms with Crippen molar-refractivity contribution in [3.8, 4) is 5.75 Å². The summed E-state index contributed by atoms with van der Waals surface area (Å²) in [6.07, 6.45) is 0.752. The molecule has 24 heavy (non-hydrogen) atoms. The number of carbonyl (C=O) groups is 1. The summed E-state index contributed by atoms with van der Waals surface area (Å²) in [6, 6.07) is 13.6. The first-order valence-corrected chi connectivity index (χ1v) is 8.76. The van der Waals surface area contributed by atoms with E-state index < -0.39 is 0 Å². The molecule has 0 spiro atoms. The van der Waals surface area contributed by atoms with Crippen LogP contribution in [0.25, 0.3) is 0 Å². The van der Waals surface area contributed by atoms with Gasteiger partial charge in [0.25, 0.3) is 0 Å². The van der Waals surface area contributed by atoms with Crippen LogP contribution in [-0.2, 0) is 6.42 Å². The normalized spacial score (nSPS) is 10.5. The van der Waals surface area contributed by atoms with Crippen LogP contribution in [0.15, 0.2) is 46.9 Å². The van der Waals surface area contributed by atoms with E-state index in [-0.39, 0.29) is 6.03 Å². The Morgan fingerprint density at radius 3 is 2.46 bits per heavy atom. The number of ether oxygens (including phenoxy) is 1. The Hall–Kier alpha value is -2.01. The summed E-state index contributed by atoms with van der Waals surface area (Å²) < 4.78 is 6.12. The van der Waals surface area contributed by atoms with Crippen LogP contribution < -0.4 is 15.4 Å². The summed E-state index contributed by atoms with van der Waals surface area (Å²) in [7, 11) is 1.64. The molecule has 2 amide bonds. The number of halogens is 1. The Morgan fingerprint density at radius 1 is 1.17 bits per heavy atom. The maximum absolute atomic E-state index is 11.9. The number of carbonyl (C=O) groups excluding carboxylic acids is 1. The Bertz CT molecular complexity index is 684. The summed E-state index contributed by atoms with van der Waals surface area (Å²) in [6.45, 7) is 4.86. The standard InChI is InChI=1S/C19H23BrN2O2/c1-13(2)15-5-7-16(8-6-15)22-19(23)21-11-10-14-4-9-18(24-3)17(20)12-14/h4-9,12-13H,10-11H2,1-3H3,(H2,21,22,23). The van der Waals surface area contributed by atoms with E-state index in [2.05, 4.69) is 40.4 Å². The van der Waals surface area contributed by atoms with Crippen LogP contribution in [0.5, 0.6) is 5.75 Å². The Morgan fingerprint density at radius 2 is 1.88 bits per heavy atom. The van der Waals surface area contributed by atoms with E-state index in [9.17, 15) is 4.79 Å². The van der Waals surface area contributed by atoms with Crippen molar-refractivity contribution in [3.63, 3.8) is 0 Å². The molecule has 128 valence electrons. The summed E-state index contributed by atoms with van der Waals surface area (Å²) >= 11 is 3.46. The van der Waals surface area contributed by atoms with Gasteiger partial charge in [0.2, 0.25) is 0 Å². The zero-order valence-electron chi connectivity index (χ0n) is 14.2. The van der Waals surface area contributed by atoms with Crippen molar-refractivity contribution in [3.05, 3.63) is 58.1 Å². The third-order valence-electron chi connectivity index (χ3n) is 3.75. The van der Waals surface area contributed by atoms with E-state index in [0.29, 0.717) is 12.5 Å². The van der Waals surface area contributed by atoms with Crippen molar-refractivity contribution in [2.45, 2.75) is 26.2 Å². The average Bonchev–Trinajstić information content (AvgIpc) is 2.55. The van der Waals surface area contributed by atoms with E-state index in [4.69, 9.17) is 4.74 Å². The van der Waals surface area contributed by atoms with Gasteiger partial charge in [0.15, 0.2) is 0 Å². The average molecular weight is 391 g/mol. The Kier molecular flexibility index (Phi) is 6.67. The van der Waals surface area contributed by atoms with Crippen LogP contribution in [0.2, 0.25) is 0 Å². The fraction of sp³-hybridized carbons (Fsp3) is 0.316. The highest BCUT2D eigenvalue weighted by Crippen LogP contribution is 2.25. The molecule has 0 saturated carbocycles. The van der Waals surface area contributed by atoms with Gasteiger partial charge in [0.05, 0.1) is 11.6 Å². The van der Waals surface area contributed by atoms with Crippen molar-refractivity contribution < 1.29 is 9.53 Å². The first-order chi connectivity index (χ1) is 11.5. The molecule has 0 aliphatic rings. The summed E-state index contributed by atoms with van der Waals surface area (Å²) in [5.41, 5.74) is 3.18. The Labute approximate surface area is 151 Å². The second-order valence-electron chi connectivity index (χ2n) is 5.88. The summed E-state index contributed by atoms with van der Waals surface area (Å²) in [4.78, 5) is 11.9. The minimum Gasteiger partial charge on any atom is -0.496 e. The van der Waals surface area contributed by atoms with E-state index in [0.717, 1.165) is 27.9 Å². The fourth-order valence-corrected chi connectivity index (χ4v) is 2.90. The zero-order valence-corrected chi connectivity index (χ0v) is 15.8. The van der Waals surface area contributed by atoms with Gasteiger partial charge in [-0.1, -0.05) is 32.0 Å². The van der Waals surface area contributed by atoms with E-state index in [1.54, 1.807) is 7.11 Å². The van der Waals surface area contributed by atoms with Crippen LogP contribution in [0, 0.1) is 0 Å². The maximum atomic E-state index is 11.9. The third-order valence-corrected chi connectivity index (χ3v) is 4.37. The Balaban J connectivity index is 1.79. The molecule has 0 heterocycles. The molecular weight excluding hydrogens is 368 g/mol. The predicted molar refractivity (Wildman–Crippen MR) is 102 cm³/mol. The lowest BCUT2D eigenvalue weighted by Gasteiger charge is -2.10. The molecule has 0 bridgehead atoms. The lowest BCUT2D eigenvalue weighted by Crippen LogP contribution is -2.30.